The molecule has 0 aliphatic heterocycles. The normalized spacial score (nSPS) is 12.3. The predicted octanol–water partition coefficient (Wildman–Crippen LogP) is 2.14. The number of pyridine rings is 1. The van der Waals surface area contributed by atoms with E-state index in [0.717, 1.165) is 17.9 Å². The molecule has 1 aromatic heterocycles. The largest absolute Gasteiger partial charge is 0.345 e. The van der Waals surface area contributed by atoms with Gasteiger partial charge in [0.1, 0.15) is 0 Å². The van der Waals surface area contributed by atoms with Gasteiger partial charge in [-0.1, -0.05) is 0 Å². The van der Waals surface area contributed by atoms with Gasteiger partial charge in [0.05, 0.1) is 6.54 Å². The number of hydrogen-bond donors (Lipinski definition) is 1. The summed E-state index contributed by atoms with van der Waals surface area (Å²) in [4.78, 5) is 18.0. The van der Waals surface area contributed by atoms with Crippen molar-refractivity contribution in [2.45, 2.75) is 40.7 Å². The molecule has 4 heteroatoms. The quantitative estimate of drug-likeness (QED) is 0.885. The van der Waals surface area contributed by atoms with Crippen LogP contribution >= 0.6 is 0 Å². The van der Waals surface area contributed by atoms with Crippen molar-refractivity contribution >= 4 is 5.91 Å². The zero-order chi connectivity index (χ0) is 14.6. The van der Waals surface area contributed by atoms with Crippen LogP contribution in [0.4, 0.5) is 0 Å². The molecular weight excluding hydrogens is 238 g/mol. The summed E-state index contributed by atoms with van der Waals surface area (Å²) in [6.07, 6.45) is 0. The van der Waals surface area contributed by atoms with Crippen LogP contribution in [0.1, 0.15) is 42.4 Å². The first-order valence-corrected chi connectivity index (χ1v) is 6.78. The minimum atomic E-state index is 0.115. The van der Waals surface area contributed by atoms with E-state index >= 15 is 0 Å². The van der Waals surface area contributed by atoms with Crippen LogP contribution in [0.15, 0.2) is 6.07 Å². The molecule has 0 fully saturated rings. The van der Waals surface area contributed by atoms with Gasteiger partial charge in [0.25, 0.3) is 0 Å². The molecule has 4 nitrogen and oxygen atoms in total. The number of aromatic nitrogens is 1. The van der Waals surface area contributed by atoms with Gasteiger partial charge in [0.2, 0.25) is 5.91 Å². The topological polar surface area (TPSA) is 45.2 Å². The Kier molecular flexibility index (Phi) is 5.48. The Morgan fingerprint density at radius 1 is 1.42 bits per heavy atom. The third-order valence-corrected chi connectivity index (χ3v) is 3.48. The number of aryl methyl sites for hydroxylation is 3. The molecule has 106 valence electrons. The zero-order valence-electron chi connectivity index (χ0n) is 12.9. The fraction of sp³-hybridized carbons (Fsp3) is 0.600. The maximum Gasteiger partial charge on any atom is 0.236 e. The number of likely N-dealkylation sites (N-methyl/N-ethyl adjacent to an activating group) is 1. The Morgan fingerprint density at radius 2 is 2.05 bits per heavy atom. The van der Waals surface area contributed by atoms with Gasteiger partial charge < -0.3 is 10.2 Å². The lowest BCUT2D eigenvalue weighted by atomic mass is 10.0. The minimum Gasteiger partial charge on any atom is -0.345 e. The van der Waals surface area contributed by atoms with Gasteiger partial charge >= 0.3 is 0 Å². The first kappa shape index (κ1) is 15.6. The lowest BCUT2D eigenvalue weighted by molar-refractivity contribution is -0.128. The van der Waals surface area contributed by atoms with Gasteiger partial charge in [0, 0.05) is 31.0 Å². The van der Waals surface area contributed by atoms with Crippen LogP contribution in [0.5, 0.6) is 0 Å². The molecule has 19 heavy (non-hydrogen) atoms. The molecule has 1 amide bonds. The van der Waals surface area contributed by atoms with Crippen LogP contribution in [0.25, 0.3) is 0 Å². The van der Waals surface area contributed by atoms with Crippen LogP contribution in [-0.2, 0) is 4.79 Å². The SMILES string of the molecule is CCN(C)C(=O)CNC(C)c1c(C)cc(C)nc1C. The van der Waals surface area contributed by atoms with E-state index in [-0.39, 0.29) is 11.9 Å². The van der Waals surface area contributed by atoms with Gasteiger partial charge in [0.15, 0.2) is 0 Å². The summed E-state index contributed by atoms with van der Waals surface area (Å²) in [5.74, 6) is 0.115. The molecule has 1 unspecified atom stereocenters. The van der Waals surface area contributed by atoms with E-state index in [1.54, 1.807) is 4.90 Å². The fourth-order valence-electron chi connectivity index (χ4n) is 2.34. The van der Waals surface area contributed by atoms with E-state index in [2.05, 4.69) is 30.2 Å². The fourth-order valence-corrected chi connectivity index (χ4v) is 2.34. The molecule has 0 aliphatic carbocycles. The van der Waals surface area contributed by atoms with E-state index in [1.165, 1.54) is 11.1 Å². The molecule has 0 bridgehead atoms. The number of nitrogens with zero attached hydrogens (tertiary/aromatic N) is 2. The average molecular weight is 263 g/mol. The summed E-state index contributed by atoms with van der Waals surface area (Å²) in [6.45, 7) is 11.3. The highest BCUT2D eigenvalue weighted by molar-refractivity contribution is 5.77. The third-order valence-electron chi connectivity index (χ3n) is 3.48. The number of hydrogen-bond acceptors (Lipinski definition) is 3. The van der Waals surface area contributed by atoms with Crippen LogP contribution in [0.2, 0.25) is 0 Å². The molecule has 0 aromatic carbocycles. The smallest absolute Gasteiger partial charge is 0.236 e. The number of amides is 1. The molecular formula is C15H25N3O. The third kappa shape index (κ3) is 4.03. The molecule has 0 radical (unpaired) electrons. The molecule has 1 heterocycles. The molecule has 0 aliphatic rings. The van der Waals surface area contributed by atoms with Crippen LogP contribution in [-0.4, -0.2) is 35.9 Å². The van der Waals surface area contributed by atoms with Gasteiger partial charge in [-0.15, -0.1) is 0 Å². The van der Waals surface area contributed by atoms with Crippen LogP contribution in [0.3, 0.4) is 0 Å². The van der Waals surface area contributed by atoms with Crippen molar-refractivity contribution in [2.24, 2.45) is 0 Å². The van der Waals surface area contributed by atoms with Gasteiger partial charge in [-0.25, -0.2) is 0 Å². The van der Waals surface area contributed by atoms with Gasteiger partial charge in [-0.05, 0) is 51.8 Å². The molecule has 0 saturated carbocycles. The Balaban J connectivity index is 2.74. The second-order valence-electron chi connectivity index (χ2n) is 5.09. The van der Waals surface area contributed by atoms with Crippen molar-refractivity contribution in [3.05, 3.63) is 28.6 Å². The summed E-state index contributed by atoms with van der Waals surface area (Å²) < 4.78 is 0. The zero-order valence-corrected chi connectivity index (χ0v) is 12.9. The molecule has 1 aromatic rings. The molecule has 1 atom stereocenters. The maximum atomic E-state index is 11.8. The Labute approximate surface area is 116 Å². The highest BCUT2D eigenvalue weighted by atomic mass is 16.2. The first-order valence-electron chi connectivity index (χ1n) is 6.78. The second kappa shape index (κ2) is 6.66. The average Bonchev–Trinajstić information content (AvgIpc) is 2.33. The summed E-state index contributed by atoms with van der Waals surface area (Å²) in [5, 5.41) is 3.28. The Hall–Kier alpha value is -1.42. The number of nitrogens with one attached hydrogen (secondary N) is 1. The van der Waals surface area contributed by atoms with Crippen molar-refractivity contribution in [1.82, 2.24) is 15.2 Å². The van der Waals surface area contributed by atoms with E-state index < -0.39 is 0 Å². The molecule has 1 rings (SSSR count). The predicted molar refractivity (Wildman–Crippen MR) is 78.2 cm³/mol. The first-order chi connectivity index (χ1) is 8.86. The lowest BCUT2D eigenvalue weighted by Crippen LogP contribution is -2.36. The van der Waals surface area contributed by atoms with E-state index in [1.807, 2.05) is 27.8 Å². The highest BCUT2D eigenvalue weighted by Crippen LogP contribution is 2.20. The van der Waals surface area contributed by atoms with Gasteiger partial charge in [-0.2, -0.15) is 0 Å². The summed E-state index contributed by atoms with van der Waals surface area (Å²) in [5.41, 5.74) is 4.49. The van der Waals surface area contributed by atoms with Crippen molar-refractivity contribution in [2.75, 3.05) is 20.1 Å². The number of rotatable bonds is 5. The van der Waals surface area contributed by atoms with E-state index in [0.29, 0.717) is 6.54 Å². The van der Waals surface area contributed by atoms with Crippen molar-refractivity contribution in [1.29, 1.82) is 0 Å². The summed E-state index contributed by atoms with van der Waals surface area (Å²) in [7, 11) is 1.82. The highest BCUT2D eigenvalue weighted by Gasteiger charge is 2.14. The second-order valence-corrected chi connectivity index (χ2v) is 5.09. The molecule has 0 spiro atoms. The van der Waals surface area contributed by atoms with Crippen LogP contribution in [0, 0.1) is 20.8 Å². The standard InChI is InChI=1S/C15H25N3O/c1-7-18(6)14(19)9-16-12(4)15-10(2)8-11(3)17-13(15)5/h8,12,16H,7,9H2,1-6H3. The van der Waals surface area contributed by atoms with Crippen molar-refractivity contribution in [3.8, 4) is 0 Å². The Morgan fingerprint density at radius 3 is 2.58 bits per heavy atom. The van der Waals surface area contributed by atoms with E-state index in [9.17, 15) is 4.79 Å². The van der Waals surface area contributed by atoms with Crippen LogP contribution < -0.4 is 5.32 Å². The van der Waals surface area contributed by atoms with Crippen molar-refractivity contribution < 1.29 is 4.79 Å². The Bertz CT molecular complexity index is 434. The summed E-state index contributed by atoms with van der Waals surface area (Å²) >= 11 is 0. The monoisotopic (exact) mass is 263 g/mol. The number of carbonyl (C=O) groups is 1. The molecule has 1 N–H and O–H groups in total. The van der Waals surface area contributed by atoms with Crippen molar-refractivity contribution in [3.63, 3.8) is 0 Å². The molecule has 0 saturated heterocycles. The minimum absolute atomic E-state index is 0.115. The lowest BCUT2D eigenvalue weighted by Gasteiger charge is -2.21. The summed E-state index contributed by atoms with van der Waals surface area (Å²) in [6, 6.07) is 2.21. The number of carbonyl (C=O) groups excluding carboxylic acids is 1. The van der Waals surface area contributed by atoms with Gasteiger partial charge in [-0.3, -0.25) is 9.78 Å². The van der Waals surface area contributed by atoms with E-state index in [4.69, 9.17) is 0 Å². The maximum absolute atomic E-state index is 11.8.